The lowest BCUT2D eigenvalue weighted by molar-refractivity contribution is 0.102. The highest BCUT2D eigenvalue weighted by Crippen LogP contribution is 2.23. The molecule has 0 atom stereocenters. The third-order valence-electron chi connectivity index (χ3n) is 5.35. The van der Waals surface area contributed by atoms with E-state index < -0.39 is 25.8 Å². The lowest BCUT2D eigenvalue weighted by Crippen LogP contribution is -2.31. The quantitative estimate of drug-likeness (QED) is 0.405. The van der Waals surface area contributed by atoms with Crippen LogP contribution in [-0.4, -0.2) is 56.1 Å². The Kier molecular flexibility index (Phi) is 8.41. The highest BCUT2D eigenvalue weighted by Gasteiger charge is 2.23. The van der Waals surface area contributed by atoms with Crippen molar-refractivity contribution in [2.75, 3.05) is 24.2 Å². The minimum Gasteiger partial charge on any atom is -0.403 e. The number of nitrogens with zero attached hydrogens (tertiary/aromatic N) is 3. The molecule has 0 aliphatic rings. The number of carbonyl (C=O) groups excluding carboxylic acids is 1. The van der Waals surface area contributed by atoms with Gasteiger partial charge in [-0.2, -0.15) is 4.31 Å². The molecular formula is C23H28N4O6S2. The lowest BCUT2D eigenvalue weighted by atomic mass is 10.2. The van der Waals surface area contributed by atoms with E-state index >= 15 is 0 Å². The standard InChI is InChI=1S/C23H28N4O6S2/c1-4-7-16-27(5-2)35(31,32)20-14-8-17(9-15-20)21(28)24-23-26-25-22(33-23)18-10-12-19(13-11-18)34(29,30)6-3/h8-15H,4-7,16H2,1-3H3,(H,24,26,28). The molecule has 1 N–H and O–H groups in total. The maximum absolute atomic E-state index is 12.8. The fourth-order valence-corrected chi connectivity index (χ4v) is 5.61. The van der Waals surface area contributed by atoms with Gasteiger partial charge in [0.1, 0.15) is 0 Å². The highest BCUT2D eigenvalue weighted by atomic mass is 32.2. The Hall–Kier alpha value is -3.09. The van der Waals surface area contributed by atoms with E-state index in [0.717, 1.165) is 12.8 Å². The van der Waals surface area contributed by atoms with Crippen LogP contribution in [0.3, 0.4) is 0 Å². The van der Waals surface area contributed by atoms with Gasteiger partial charge in [0.25, 0.3) is 5.91 Å². The van der Waals surface area contributed by atoms with E-state index in [9.17, 15) is 21.6 Å². The predicted molar refractivity (Wildman–Crippen MR) is 131 cm³/mol. The van der Waals surface area contributed by atoms with Crippen LogP contribution in [0, 0.1) is 0 Å². The van der Waals surface area contributed by atoms with Gasteiger partial charge in [-0.05, 0) is 55.0 Å². The number of carbonyl (C=O) groups is 1. The first-order chi connectivity index (χ1) is 16.6. The average molecular weight is 521 g/mol. The molecule has 0 spiro atoms. The molecular weight excluding hydrogens is 492 g/mol. The number of unbranched alkanes of at least 4 members (excludes halogenated alkanes) is 1. The van der Waals surface area contributed by atoms with Crippen molar-refractivity contribution < 1.29 is 26.0 Å². The molecule has 1 aromatic heterocycles. The van der Waals surface area contributed by atoms with Crippen molar-refractivity contribution in [3.8, 4) is 11.5 Å². The number of sulfonamides is 1. The molecule has 0 saturated carbocycles. The van der Waals surface area contributed by atoms with Gasteiger partial charge in [-0.25, -0.2) is 16.8 Å². The number of anilines is 1. The molecule has 3 rings (SSSR count). The zero-order valence-electron chi connectivity index (χ0n) is 19.8. The molecule has 10 nitrogen and oxygen atoms in total. The van der Waals surface area contributed by atoms with Crippen LogP contribution in [0.4, 0.5) is 6.01 Å². The van der Waals surface area contributed by atoms with Gasteiger partial charge in [-0.15, -0.1) is 5.10 Å². The SMILES string of the molecule is CCCCN(CC)S(=O)(=O)c1ccc(C(=O)Nc2nnc(-c3ccc(S(=O)(=O)CC)cc3)o2)cc1. The Balaban J connectivity index is 1.70. The van der Waals surface area contributed by atoms with E-state index in [1.165, 1.54) is 40.7 Å². The number of benzene rings is 2. The van der Waals surface area contributed by atoms with Crippen LogP contribution in [0.2, 0.25) is 0 Å². The smallest absolute Gasteiger partial charge is 0.322 e. The van der Waals surface area contributed by atoms with Crippen molar-refractivity contribution >= 4 is 31.8 Å². The summed E-state index contributed by atoms with van der Waals surface area (Å²) in [5, 5.41) is 10.2. The monoisotopic (exact) mass is 520 g/mol. The second-order valence-corrected chi connectivity index (χ2v) is 11.9. The van der Waals surface area contributed by atoms with Gasteiger partial charge in [0.05, 0.1) is 15.5 Å². The van der Waals surface area contributed by atoms with Gasteiger partial charge in [-0.3, -0.25) is 10.1 Å². The number of aromatic nitrogens is 2. The second-order valence-electron chi connectivity index (χ2n) is 7.67. The molecule has 0 fully saturated rings. The minimum atomic E-state index is -3.64. The van der Waals surface area contributed by atoms with Crippen molar-refractivity contribution in [2.24, 2.45) is 0 Å². The van der Waals surface area contributed by atoms with E-state index in [0.29, 0.717) is 18.7 Å². The third kappa shape index (κ3) is 6.13. The molecule has 3 aromatic rings. The number of nitrogens with one attached hydrogen (secondary N) is 1. The third-order valence-corrected chi connectivity index (χ3v) is 9.09. The molecule has 0 bridgehead atoms. The summed E-state index contributed by atoms with van der Waals surface area (Å²) in [6, 6.07) is 11.5. The summed E-state index contributed by atoms with van der Waals surface area (Å²) in [6.45, 7) is 6.15. The van der Waals surface area contributed by atoms with Crippen molar-refractivity contribution in [1.29, 1.82) is 0 Å². The molecule has 0 radical (unpaired) electrons. The Morgan fingerprint density at radius 3 is 2.11 bits per heavy atom. The van der Waals surface area contributed by atoms with Crippen LogP contribution < -0.4 is 5.32 Å². The Labute approximate surface area is 205 Å². The molecule has 188 valence electrons. The predicted octanol–water partition coefficient (Wildman–Crippen LogP) is 3.59. The first kappa shape index (κ1) is 26.5. The summed E-state index contributed by atoms with van der Waals surface area (Å²) in [6.07, 6.45) is 1.65. The first-order valence-electron chi connectivity index (χ1n) is 11.2. The van der Waals surface area contributed by atoms with Crippen molar-refractivity contribution in [3.63, 3.8) is 0 Å². The summed E-state index contributed by atoms with van der Waals surface area (Å²) in [7, 11) is -6.97. The molecule has 35 heavy (non-hydrogen) atoms. The van der Waals surface area contributed by atoms with Gasteiger partial charge < -0.3 is 4.42 Å². The van der Waals surface area contributed by atoms with Gasteiger partial charge in [0.2, 0.25) is 15.9 Å². The zero-order chi connectivity index (χ0) is 25.6. The lowest BCUT2D eigenvalue weighted by Gasteiger charge is -2.20. The number of hydrogen-bond acceptors (Lipinski definition) is 8. The zero-order valence-corrected chi connectivity index (χ0v) is 21.4. The van der Waals surface area contributed by atoms with E-state index in [-0.39, 0.29) is 33.0 Å². The topological polar surface area (TPSA) is 140 Å². The van der Waals surface area contributed by atoms with Crippen LogP contribution in [-0.2, 0) is 19.9 Å². The number of hydrogen-bond donors (Lipinski definition) is 1. The Morgan fingerprint density at radius 1 is 0.914 bits per heavy atom. The molecule has 0 aliphatic carbocycles. The molecule has 0 unspecified atom stereocenters. The van der Waals surface area contributed by atoms with Crippen LogP contribution in [0.25, 0.3) is 11.5 Å². The fraction of sp³-hybridized carbons (Fsp3) is 0.348. The van der Waals surface area contributed by atoms with Crippen molar-refractivity contribution in [2.45, 2.75) is 43.4 Å². The van der Waals surface area contributed by atoms with Crippen LogP contribution >= 0.6 is 0 Å². The Morgan fingerprint density at radius 2 is 1.54 bits per heavy atom. The number of sulfone groups is 1. The molecule has 0 aliphatic heterocycles. The summed E-state index contributed by atoms with van der Waals surface area (Å²) in [5.41, 5.74) is 0.709. The van der Waals surface area contributed by atoms with Crippen molar-refractivity contribution in [1.82, 2.24) is 14.5 Å². The van der Waals surface area contributed by atoms with Crippen LogP contribution in [0.15, 0.2) is 62.7 Å². The van der Waals surface area contributed by atoms with Crippen LogP contribution in [0.1, 0.15) is 44.0 Å². The van der Waals surface area contributed by atoms with Crippen LogP contribution in [0.5, 0.6) is 0 Å². The van der Waals surface area contributed by atoms with E-state index in [1.807, 2.05) is 6.92 Å². The largest absolute Gasteiger partial charge is 0.403 e. The van der Waals surface area contributed by atoms with E-state index in [2.05, 4.69) is 15.5 Å². The fourth-order valence-electron chi connectivity index (χ4n) is 3.24. The molecule has 2 aromatic carbocycles. The average Bonchev–Trinajstić information content (AvgIpc) is 3.33. The Bertz CT molecular complexity index is 1370. The van der Waals surface area contributed by atoms with Gasteiger partial charge in [0, 0.05) is 24.2 Å². The highest BCUT2D eigenvalue weighted by molar-refractivity contribution is 7.91. The molecule has 1 amide bonds. The maximum atomic E-state index is 12.8. The van der Waals surface area contributed by atoms with Gasteiger partial charge >= 0.3 is 6.01 Å². The number of rotatable bonds is 11. The van der Waals surface area contributed by atoms with Gasteiger partial charge in [0.15, 0.2) is 9.84 Å². The number of amides is 1. The normalized spacial score (nSPS) is 12.1. The van der Waals surface area contributed by atoms with Gasteiger partial charge in [-0.1, -0.05) is 32.3 Å². The molecule has 12 heteroatoms. The summed E-state index contributed by atoms with van der Waals surface area (Å²) < 4.78 is 56.4. The second kappa shape index (κ2) is 11.1. The maximum Gasteiger partial charge on any atom is 0.322 e. The molecule has 0 saturated heterocycles. The molecule has 1 heterocycles. The summed E-state index contributed by atoms with van der Waals surface area (Å²) in [5.74, 6) is -0.452. The summed E-state index contributed by atoms with van der Waals surface area (Å²) >= 11 is 0. The minimum absolute atomic E-state index is 0.00822. The summed E-state index contributed by atoms with van der Waals surface area (Å²) in [4.78, 5) is 12.9. The van der Waals surface area contributed by atoms with E-state index in [4.69, 9.17) is 4.42 Å². The van der Waals surface area contributed by atoms with E-state index in [1.54, 1.807) is 26.0 Å². The first-order valence-corrected chi connectivity index (χ1v) is 14.3. The van der Waals surface area contributed by atoms with Crippen molar-refractivity contribution in [3.05, 3.63) is 54.1 Å².